The molecule has 14 heavy (non-hydrogen) atoms. The standard InChI is InChI=1S/C12H25NO/c1-3-7-12(13)8-5-6-10(4-2)11(14)9-12/h10-11,14H,3-9,13H2,1-2H3. The summed E-state index contributed by atoms with van der Waals surface area (Å²) in [5.74, 6) is 0.484. The van der Waals surface area contributed by atoms with E-state index in [0.717, 1.165) is 38.5 Å². The topological polar surface area (TPSA) is 46.2 Å². The molecule has 1 aliphatic rings. The highest BCUT2D eigenvalue weighted by atomic mass is 16.3. The van der Waals surface area contributed by atoms with E-state index in [1.54, 1.807) is 0 Å². The van der Waals surface area contributed by atoms with Crippen molar-refractivity contribution in [3.63, 3.8) is 0 Å². The predicted molar refractivity (Wildman–Crippen MR) is 60.1 cm³/mol. The molecule has 1 saturated carbocycles. The van der Waals surface area contributed by atoms with E-state index < -0.39 is 0 Å². The molecule has 0 heterocycles. The van der Waals surface area contributed by atoms with E-state index in [9.17, 15) is 5.11 Å². The van der Waals surface area contributed by atoms with E-state index in [0.29, 0.717) is 5.92 Å². The van der Waals surface area contributed by atoms with Crippen LogP contribution < -0.4 is 5.73 Å². The van der Waals surface area contributed by atoms with E-state index >= 15 is 0 Å². The van der Waals surface area contributed by atoms with Crippen LogP contribution in [0.3, 0.4) is 0 Å². The van der Waals surface area contributed by atoms with Gasteiger partial charge in [0.2, 0.25) is 0 Å². The Morgan fingerprint density at radius 1 is 1.43 bits per heavy atom. The van der Waals surface area contributed by atoms with Crippen LogP contribution in [-0.4, -0.2) is 16.7 Å². The molecule has 3 unspecified atom stereocenters. The molecule has 1 aliphatic carbocycles. The minimum atomic E-state index is -0.168. The second-order valence-corrected chi connectivity index (χ2v) is 4.94. The molecule has 0 spiro atoms. The van der Waals surface area contributed by atoms with Crippen LogP contribution in [0.15, 0.2) is 0 Å². The smallest absolute Gasteiger partial charge is 0.0585 e. The highest BCUT2D eigenvalue weighted by molar-refractivity contribution is 4.91. The van der Waals surface area contributed by atoms with Gasteiger partial charge in [0.05, 0.1) is 6.10 Å². The Labute approximate surface area is 87.9 Å². The summed E-state index contributed by atoms with van der Waals surface area (Å²) in [5.41, 5.74) is 6.23. The Balaban J connectivity index is 2.58. The zero-order chi connectivity index (χ0) is 10.6. The first-order valence-electron chi connectivity index (χ1n) is 6.08. The Morgan fingerprint density at radius 3 is 2.71 bits per heavy atom. The molecule has 0 aromatic carbocycles. The van der Waals surface area contributed by atoms with Crippen molar-refractivity contribution in [1.82, 2.24) is 0 Å². The zero-order valence-corrected chi connectivity index (χ0v) is 9.63. The van der Waals surface area contributed by atoms with Crippen molar-refractivity contribution >= 4 is 0 Å². The number of rotatable bonds is 3. The first-order valence-corrected chi connectivity index (χ1v) is 6.08. The van der Waals surface area contributed by atoms with Crippen LogP contribution >= 0.6 is 0 Å². The maximum Gasteiger partial charge on any atom is 0.0585 e. The third-order valence-electron chi connectivity index (χ3n) is 3.68. The van der Waals surface area contributed by atoms with E-state index in [2.05, 4.69) is 13.8 Å². The van der Waals surface area contributed by atoms with Gasteiger partial charge in [-0.15, -0.1) is 0 Å². The SMILES string of the molecule is CCCC1(N)CCCC(CC)C(O)C1. The van der Waals surface area contributed by atoms with Gasteiger partial charge in [-0.1, -0.05) is 33.1 Å². The summed E-state index contributed by atoms with van der Waals surface area (Å²) in [6.45, 7) is 4.33. The summed E-state index contributed by atoms with van der Waals surface area (Å²) in [6.07, 6.45) is 7.34. The van der Waals surface area contributed by atoms with Crippen LogP contribution in [0.25, 0.3) is 0 Å². The van der Waals surface area contributed by atoms with Crippen molar-refractivity contribution < 1.29 is 5.11 Å². The average Bonchev–Trinajstić information content (AvgIpc) is 2.25. The summed E-state index contributed by atoms with van der Waals surface area (Å²) in [6, 6.07) is 0. The average molecular weight is 199 g/mol. The number of hydrogen-bond donors (Lipinski definition) is 2. The lowest BCUT2D eigenvalue weighted by molar-refractivity contribution is 0.0798. The quantitative estimate of drug-likeness (QED) is 0.686. The minimum absolute atomic E-state index is 0.0852. The van der Waals surface area contributed by atoms with Crippen molar-refractivity contribution in [1.29, 1.82) is 0 Å². The summed E-state index contributed by atoms with van der Waals surface area (Å²) >= 11 is 0. The van der Waals surface area contributed by atoms with E-state index in [-0.39, 0.29) is 11.6 Å². The number of aliphatic hydroxyl groups is 1. The largest absolute Gasteiger partial charge is 0.393 e. The number of hydrogen-bond acceptors (Lipinski definition) is 2. The zero-order valence-electron chi connectivity index (χ0n) is 9.63. The Morgan fingerprint density at radius 2 is 2.14 bits per heavy atom. The third-order valence-corrected chi connectivity index (χ3v) is 3.68. The van der Waals surface area contributed by atoms with Gasteiger partial charge < -0.3 is 10.8 Å². The lowest BCUT2D eigenvalue weighted by atomic mass is 9.85. The molecule has 0 aromatic rings. The van der Waals surface area contributed by atoms with Crippen LogP contribution in [-0.2, 0) is 0 Å². The van der Waals surface area contributed by atoms with Crippen LogP contribution in [0.2, 0.25) is 0 Å². The normalized spacial score (nSPS) is 39.4. The van der Waals surface area contributed by atoms with Gasteiger partial charge in [0.15, 0.2) is 0 Å². The molecule has 3 N–H and O–H groups in total. The second kappa shape index (κ2) is 5.13. The molecule has 0 saturated heterocycles. The molecule has 0 amide bonds. The van der Waals surface area contributed by atoms with Crippen LogP contribution in [0.1, 0.15) is 58.8 Å². The van der Waals surface area contributed by atoms with E-state index in [1.807, 2.05) is 0 Å². The van der Waals surface area contributed by atoms with Gasteiger partial charge in [-0.25, -0.2) is 0 Å². The maximum atomic E-state index is 10.0. The fraction of sp³-hybridized carbons (Fsp3) is 1.00. The molecule has 84 valence electrons. The number of nitrogens with two attached hydrogens (primary N) is 1. The summed E-state index contributed by atoms with van der Waals surface area (Å²) in [4.78, 5) is 0. The van der Waals surface area contributed by atoms with Gasteiger partial charge in [-0.3, -0.25) is 0 Å². The van der Waals surface area contributed by atoms with Crippen molar-refractivity contribution in [2.45, 2.75) is 70.4 Å². The van der Waals surface area contributed by atoms with Crippen LogP contribution in [0, 0.1) is 5.92 Å². The molecule has 2 nitrogen and oxygen atoms in total. The van der Waals surface area contributed by atoms with E-state index in [4.69, 9.17) is 5.73 Å². The predicted octanol–water partition coefficient (Wildman–Crippen LogP) is 2.45. The van der Waals surface area contributed by atoms with Gasteiger partial charge in [0, 0.05) is 5.54 Å². The first kappa shape index (κ1) is 12.0. The van der Waals surface area contributed by atoms with Gasteiger partial charge in [0.25, 0.3) is 0 Å². The molecule has 1 rings (SSSR count). The number of aliphatic hydroxyl groups excluding tert-OH is 1. The van der Waals surface area contributed by atoms with Crippen LogP contribution in [0.5, 0.6) is 0 Å². The Hall–Kier alpha value is -0.0800. The van der Waals surface area contributed by atoms with Gasteiger partial charge >= 0.3 is 0 Å². The molecule has 2 heteroatoms. The van der Waals surface area contributed by atoms with Gasteiger partial charge in [-0.2, -0.15) is 0 Å². The molecular weight excluding hydrogens is 174 g/mol. The third kappa shape index (κ3) is 2.96. The molecule has 0 aliphatic heterocycles. The first-order chi connectivity index (χ1) is 6.61. The molecular formula is C12H25NO. The lowest BCUT2D eigenvalue weighted by Crippen LogP contribution is -2.42. The molecule has 0 bridgehead atoms. The van der Waals surface area contributed by atoms with Crippen molar-refractivity contribution in [3.8, 4) is 0 Å². The summed E-state index contributed by atoms with van der Waals surface area (Å²) in [5, 5.41) is 10.0. The monoisotopic (exact) mass is 199 g/mol. The second-order valence-electron chi connectivity index (χ2n) is 4.94. The van der Waals surface area contributed by atoms with Gasteiger partial charge in [-0.05, 0) is 31.6 Å². The molecule has 0 radical (unpaired) electrons. The fourth-order valence-electron chi connectivity index (χ4n) is 2.80. The van der Waals surface area contributed by atoms with Crippen molar-refractivity contribution in [3.05, 3.63) is 0 Å². The molecule has 0 aromatic heterocycles. The fourth-order valence-corrected chi connectivity index (χ4v) is 2.80. The Bertz CT molecular complexity index is 172. The lowest BCUT2D eigenvalue weighted by Gasteiger charge is -2.30. The van der Waals surface area contributed by atoms with Crippen molar-refractivity contribution in [2.24, 2.45) is 11.7 Å². The Kier molecular flexibility index (Phi) is 4.39. The van der Waals surface area contributed by atoms with E-state index in [1.165, 1.54) is 6.42 Å². The highest BCUT2D eigenvalue weighted by Crippen LogP contribution is 2.33. The highest BCUT2D eigenvalue weighted by Gasteiger charge is 2.33. The maximum absolute atomic E-state index is 10.0. The van der Waals surface area contributed by atoms with Crippen LogP contribution in [0.4, 0.5) is 0 Å². The molecule has 3 atom stereocenters. The van der Waals surface area contributed by atoms with Crippen molar-refractivity contribution in [2.75, 3.05) is 0 Å². The molecule has 1 fully saturated rings. The summed E-state index contributed by atoms with van der Waals surface area (Å²) in [7, 11) is 0. The minimum Gasteiger partial charge on any atom is -0.393 e. The van der Waals surface area contributed by atoms with Gasteiger partial charge in [0.1, 0.15) is 0 Å². The summed E-state index contributed by atoms with van der Waals surface area (Å²) < 4.78 is 0.